The number of thiazole rings is 1. The van der Waals surface area contributed by atoms with Crippen molar-refractivity contribution < 1.29 is 23.9 Å². The van der Waals surface area contributed by atoms with Gasteiger partial charge < -0.3 is 14.2 Å². The minimum atomic E-state index is -0.798. The molecular weight excluding hydrogens is 554 g/mol. The SMILES string of the molecule is CCOC(=O)C1=C(c2ccccc2)N=c2sc(=Cc3cc(OC)c(OC)cc3[N+](=O)[O-])c(=O)n2C1c1cccs1. The molecule has 2 aromatic heterocycles. The van der Waals surface area contributed by atoms with Crippen LogP contribution in [0.2, 0.25) is 0 Å². The zero-order valence-electron chi connectivity index (χ0n) is 21.7. The van der Waals surface area contributed by atoms with Crippen LogP contribution in [0.5, 0.6) is 11.5 Å². The number of carbonyl (C=O) groups is 1. The summed E-state index contributed by atoms with van der Waals surface area (Å²) in [6, 6.07) is 14.8. The van der Waals surface area contributed by atoms with Gasteiger partial charge in [0, 0.05) is 10.4 Å². The number of nitrogens with zero attached hydrogens (tertiary/aromatic N) is 3. The summed E-state index contributed by atoms with van der Waals surface area (Å²) in [4.78, 5) is 44.5. The summed E-state index contributed by atoms with van der Waals surface area (Å²) in [6.07, 6.45) is 1.44. The minimum absolute atomic E-state index is 0.148. The van der Waals surface area contributed by atoms with Gasteiger partial charge >= 0.3 is 5.97 Å². The van der Waals surface area contributed by atoms with Crippen molar-refractivity contribution in [2.75, 3.05) is 20.8 Å². The lowest BCUT2D eigenvalue weighted by Crippen LogP contribution is -2.39. The zero-order chi connectivity index (χ0) is 28.4. The number of nitro groups is 1. The molecule has 1 atom stereocenters. The van der Waals surface area contributed by atoms with E-state index in [9.17, 15) is 19.7 Å². The molecule has 0 N–H and O–H groups in total. The highest BCUT2D eigenvalue weighted by atomic mass is 32.1. The molecule has 0 radical (unpaired) electrons. The van der Waals surface area contributed by atoms with Gasteiger partial charge in [0.25, 0.3) is 11.2 Å². The number of hydrogen-bond donors (Lipinski definition) is 0. The van der Waals surface area contributed by atoms with Gasteiger partial charge in [-0.3, -0.25) is 19.5 Å². The number of carbonyl (C=O) groups excluding carboxylic acids is 1. The Balaban J connectivity index is 1.82. The number of methoxy groups -OCH3 is 2. The summed E-state index contributed by atoms with van der Waals surface area (Å²) in [7, 11) is 2.81. The van der Waals surface area contributed by atoms with Crippen molar-refractivity contribution in [1.29, 1.82) is 0 Å². The van der Waals surface area contributed by atoms with Gasteiger partial charge in [-0.1, -0.05) is 47.7 Å². The van der Waals surface area contributed by atoms with Crippen LogP contribution in [-0.2, 0) is 9.53 Å². The number of nitro benzene ring substituents is 1. The largest absolute Gasteiger partial charge is 0.493 e. The molecule has 204 valence electrons. The molecule has 0 bridgehead atoms. The molecule has 1 unspecified atom stereocenters. The van der Waals surface area contributed by atoms with Crippen molar-refractivity contribution in [3.8, 4) is 11.5 Å². The number of ether oxygens (including phenoxy) is 3. The maximum absolute atomic E-state index is 13.9. The fourth-order valence-corrected chi connectivity index (χ4v) is 6.27. The van der Waals surface area contributed by atoms with Crippen LogP contribution in [0.15, 0.2) is 75.3 Å². The Morgan fingerprint density at radius 1 is 1.12 bits per heavy atom. The summed E-state index contributed by atoms with van der Waals surface area (Å²) in [6.45, 7) is 1.86. The molecule has 40 heavy (non-hydrogen) atoms. The van der Waals surface area contributed by atoms with E-state index in [0.29, 0.717) is 16.1 Å². The van der Waals surface area contributed by atoms with Gasteiger partial charge in [-0.15, -0.1) is 11.3 Å². The first-order chi connectivity index (χ1) is 19.4. The monoisotopic (exact) mass is 577 g/mol. The van der Waals surface area contributed by atoms with Crippen molar-refractivity contribution >= 4 is 46.1 Å². The molecule has 1 aliphatic heterocycles. The van der Waals surface area contributed by atoms with Crippen molar-refractivity contribution in [1.82, 2.24) is 4.57 Å². The first-order valence-corrected chi connectivity index (χ1v) is 13.8. The van der Waals surface area contributed by atoms with Crippen LogP contribution in [0.1, 0.15) is 29.0 Å². The maximum atomic E-state index is 13.9. The Morgan fingerprint density at radius 2 is 1.85 bits per heavy atom. The fourth-order valence-electron chi connectivity index (χ4n) is 4.46. The third-order valence-electron chi connectivity index (χ3n) is 6.20. The van der Waals surface area contributed by atoms with Crippen molar-refractivity contribution in [2.45, 2.75) is 13.0 Å². The maximum Gasteiger partial charge on any atom is 0.338 e. The molecule has 0 amide bonds. The molecule has 12 heteroatoms. The number of fused-ring (bicyclic) bond motifs is 1. The van der Waals surface area contributed by atoms with Crippen LogP contribution in [0.4, 0.5) is 5.69 Å². The van der Waals surface area contributed by atoms with Crippen LogP contribution in [0.3, 0.4) is 0 Å². The quantitative estimate of drug-likeness (QED) is 0.177. The molecule has 5 rings (SSSR count). The second kappa shape index (κ2) is 11.3. The molecule has 0 saturated heterocycles. The topological polar surface area (TPSA) is 122 Å². The van der Waals surface area contributed by atoms with Crippen LogP contribution >= 0.6 is 22.7 Å². The van der Waals surface area contributed by atoms with E-state index >= 15 is 0 Å². The summed E-state index contributed by atoms with van der Waals surface area (Å²) < 4.78 is 17.6. The zero-order valence-corrected chi connectivity index (χ0v) is 23.3. The summed E-state index contributed by atoms with van der Waals surface area (Å²) >= 11 is 2.48. The van der Waals surface area contributed by atoms with Crippen LogP contribution in [0.25, 0.3) is 11.8 Å². The molecular formula is C28H23N3O7S2. The highest BCUT2D eigenvalue weighted by molar-refractivity contribution is 7.10. The van der Waals surface area contributed by atoms with E-state index in [0.717, 1.165) is 16.2 Å². The van der Waals surface area contributed by atoms with Crippen molar-refractivity contribution in [3.05, 3.63) is 111 Å². The smallest absolute Gasteiger partial charge is 0.338 e. The van der Waals surface area contributed by atoms with E-state index in [2.05, 4.69) is 0 Å². The van der Waals surface area contributed by atoms with E-state index in [4.69, 9.17) is 19.2 Å². The molecule has 0 saturated carbocycles. The Labute approximate surface area is 235 Å². The number of thiophene rings is 1. The fraction of sp³-hybridized carbons (Fsp3) is 0.179. The minimum Gasteiger partial charge on any atom is -0.493 e. The van der Waals surface area contributed by atoms with Gasteiger partial charge in [-0.05, 0) is 30.5 Å². The Bertz CT molecular complexity index is 1810. The van der Waals surface area contributed by atoms with E-state index < -0.39 is 22.5 Å². The van der Waals surface area contributed by atoms with Crippen LogP contribution in [-0.4, -0.2) is 36.3 Å². The average molecular weight is 578 g/mol. The lowest BCUT2D eigenvalue weighted by Gasteiger charge is -2.24. The first kappa shape index (κ1) is 27.0. The summed E-state index contributed by atoms with van der Waals surface area (Å²) in [5.74, 6) is -0.107. The van der Waals surface area contributed by atoms with Crippen molar-refractivity contribution in [2.24, 2.45) is 4.99 Å². The van der Waals surface area contributed by atoms with Gasteiger partial charge in [-0.25, -0.2) is 9.79 Å². The lowest BCUT2D eigenvalue weighted by molar-refractivity contribution is -0.385. The van der Waals surface area contributed by atoms with Gasteiger partial charge in [-0.2, -0.15) is 0 Å². The third kappa shape index (κ3) is 4.82. The van der Waals surface area contributed by atoms with Crippen LogP contribution in [0, 0.1) is 10.1 Å². The molecule has 10 nitrogen and oxygen atoms in total. The highest BCUT2D eigenvalue weighted by Crippen LogP contribution is 2.37. The average Bonchev–Trinajstić information content (AvgIpc) is 3.60. The number of benzene rings is 2. The standard InChI is InChI=1S/C28H23N3O7S2/c1-4-38-27(33)23-24(16-9-6-5-7-10-16)29-28-30(25(23)21-11-8-12-39-21)26(32)22(40-28)14-17-13-19(36-2)20(37-3)15-18(17)31(34)35/h5-15,25H,4H2,1-3H3. The number of hydrogen-bond acceptors (Lipinski definition) is 10. The number of esters is 1. The molecule has 3 heterocycles. The molecule has 0 spiro atoms. The summed E-state index contributed by atoms with van der Waals surface area (Å²) in [5.41, 5.74) is 0.804. The Morgan fingerprint density at radius 3 is 2.48 bits per heavy atom. The predicted molar refractivity (Wildman–Crippen MR) is 152 cm³/mol. The second-order valence-corrected chi connectivity index (χ2v) is 10.5. The first-order valence-electron chi connectivity index (χ1n) is 12.1. The van der Waals surface area contributed by atoms with E-state index in [1.807, 2.05) is 47.8 Å². The normalized spacial score (nSPS) is 14.9. The lowest BCUT2D eigenvalue weighted by atomic mass is 9.97. The Kier molecular flexibility index (Phi) is 7.63. The van der Waals surface area contributed by atoms with Gasteiger partial charge in [0.1, 0.15) is 6.04 Å². The number of rotatable bonds is 8. The van der Waals surface area contributed by atoms with E-state index in [1.54, 1.807) is 6.92 Å². The highest BCUT2D eigenvalue weighted by Gasteiger charge is 2.35. The van der Waals surface area contributed by atoms with Gasteiger partial charge in [0.15, 0.2) is 16.3 Å². The van der Waals surface area contributed by atoms with E-state index in [-0.39, 0.29) is 39.5 Å². The predicted octanol–water partition coefficient (Wildman–Crippen LogP) is 3.92. The number of aromatic nitrogens is 1. The molecule has 0 fully saturated rings. The summed E-state index contributed by atoms with van der Waals surface area (Å²) in [5, 5.41) is 13.7. The van der Waals surface area contributed by atoms with E-state index in [1.165, 1.54) is 48.3 Å². The molecule has 4 aromatic rings. The Hall–Kier alpha value is -4.55. The van der Waals surface area contributed by atoms with Crippen molar-refractivity contribution in [3.63, 3.8) is 0 Å². The third-order valence-corrected chi connectivity index (χ3v) is 8.11. The van der Waals surface area contributed by atoms with Gasteiger partial charge in [0.2, 0.25) is 0 Å². The molecule has 2 aromatic carbocycles. The molecule has 0 aliphatic carbocycles. The second-order valence-electron chi connectivity index (χ2n) is 8.47. The van der Waals surface area contributed by atoms with Gasteiger partial charge in [0.05, 0.1) is 53.2 Å². The molecule has 1 aliphatic rings. The van der Waals surface area contributed by atoms with Crippen LogP contribution < -0.4 is 24.4 Å².